The lowest BCUT2D eigenvalue weighted by Crippen LogP contribution is -2.30. The summed E-state index contributed by atoms with van der Waals surface area (Å²) in [5.74, 6) is 1.35. The van der Waals surface area contributed by atoms with Crippen LogP contribution in [0.4, 0.5) is 0 Å². The van der Waals surface area contributed by atoms with Crippen molar-refractivity contribution in [2.75, 3.05) is 13.1 Å². The van der Waals surface area contributed by atoms with E-state index in [0.717, 1.165) is 49.2 Å². The molecule has 1 aliphatic rings. The summed E-state index contributed by atoms with van der Waals surface area (Å²) in [6, 6.07) is 7.40. The van der Waals surface area contributed by atoms with Crippen LogP contribution >= 0.6 is 36.4 Å². The van der Waals surface area contributed by atoms with E-state index in [0.29, 0.717) is 16.5 Å². The van der Waals surface area contributed by atoms with Gasteiger partial charge in [0, 0.05) is 29.5 Å². The van der Waals surface area contributed by atoms with Gasteiger partial charge in [0.05, 0.1) is 5.56 Å². The number of imidazole rings is 1. The van der Waals surface area contributed by atoms with Crippen molar-refractivity contribution in [3.05, 3.63) is 52.0 Å². The first kappa shape index (κ1) is 20.8. The predicted molar refractivity (Wildman–Crippen MR) is 111 cm³/mol. The first-order chi connectivity index (χ1) is 11.7. The molecule has 0 atom stereocenters. The Morgan fingerprint density at radius 1 is 1.19 bits per heavy atom. The molecule has 0 unspecified atom stereocenters. The molecule has 0 radical (unpaired) electrons. The Hall–Kier alpha value is -1.53. The number of pyridine rings is 1. The number of aromatic nitrogens is 3. The highest BCUT2D eigenvalue weighted by Gasteiger charge is 2.17. The molecule has 4 rings (SSSR count). The summed E-state index contributed by atoms with van der Waals surface area (Å²) in [7, 11) is 0. The van der Waals surface area contributed by atoms with Crippen LogP contribution in [0.25, 0.3) is 22.3 Å². The number of benzene rings is 1. The monoisotopic (exact) mass is 414 g/mol. The molecule has 0 saturated carbocycles. The van der Waals surface area contributed by atoms with E-state index in [2.05, 4.69) is 19.9 Å². The van der Waals surface area contributed by atoms with Crippen molar-refractivity contribution in [2.24, 2.45) is 5.92 Å². The van der Waals surface area contributed by atoms with Crippen LogP contribution in [0.1, 0.15) is 12.8 Å². The average Bonchev–Trinajstić information content (AvgIpc) is 3.03. The fourth-order valence-electron chi connectivity index (χ4n) is 3.38. The molecule has 2 aromatic heterocycles. The largest absolute Gasteiger partial charge is 0.331 e. The molecular formula is C18H21Cl3N4O. The minimum Gasteiger partial charge on any atom is -0.331 e. The number of aromatic amines is 1. The Morgan fingerprint density at radius 3 is 2.73 bits per heavy atom. The quantitative estimate of drug-likeness (QED) is 0.682. The van der Waals surface area contributed by atoms with Crippen LogP contribution < -0.4 is 10.9 Å². The minimum atomic E-state index is -0.137. The van der Waals surface area contributed by atoms with Crippen LogP contribution in [-0.4, -0.2) is 27.6 Å². The van der Waals surface area contributed by atoms with Gasteiger partial charge in [0.2, 0.25) is 0 Å². The van der Waals surface area contributed by atoms with Gasteiger partial charge in [-0.1, -0.05) is 17.7 Å². The fraction of sp³-hybridized carbons (Fsp3) is 0.333. The molecule has 140 valence electrons. The van der Waals surface area contributed by atoms with Gasteiger partial charge in [-0.25, -0.2) is 4.98 Å². The molecule has 1 aliphatic heterocycles. The van der Waals surface area contributed by atoms with Crippen LogP contribution in [0.5, 0.6) is 0 Å². The van der Waals surface area contributed by atoms with Crippen molar-refractivity contribution in [1.29, 1.82) is 0 Å². The van der Waals surface area contributed by atoms with E-state index < -0.39 is 0 Å². The smallest absolute Gasteiger partial charge is 0.259 e. The lowest BCUT2D eigenvalue weighted by Gasteiger charge is -2.23. The van der Waals surface area contributed by atoms with E-state index in [1.54, 1.807) is 12.3 Å². The molecule has 0 aliphatic carbocycles. The van der Waals surface area contributed by atoms with Gasteiger partial charge < -0.3 is 14.9 Å². The highest BCUT2D eigenvalue weighted by molar-refractivity contribution is 6.31. The highest BCUT2D eigenvalue weighted by atomic mass is 35.5. The molecule has 3 aromatic rings. The number of H-pyrrole nitrogens is 1. The lowest BCUT2D eigenvalue weighted by atomic mass is 9.98. The highest BCUT2D eigenvalue weighted by Crippen LogP contribution is 2.23. The van der Waals surface area contributed by atoms with Crippen molar-refractivity contribution in [3.63, 3.8) is 0 Å². The number of piperidine rings is 1. The van der Waals surface area contributed by atoms with Crippen LogP contribution in [-0.2, 0) is 6.54 Å². The second kappa shape index (κ2) is 8.91. The summed E-state index contributed by atoms with van der Waals surface area (Å²) >= 11 is 6.00. The molecule has 8 heteroatoms. The SMILES string of the molecule is Cl.Cl.O=c1[nH]c2cc(Cl)ccc2cc1-c1nccn1CC1CCNCC1. The van der Waals surface area contributed by atoms with Crippen molar-refractivity contribution < 1.29 is 0 Å². The molecule has 0 spiro atoms. The number of hydrogen-bond acceptors (Lipinski definition) is 3. The van der Waals surface area contributed by atoms with Gasteiger partial charge in [-0.2, -0.15) is 0 Å². The van der Waals surface area contributed by atoms with Crippen molar-refractivity contribution in [1.82, 2.24) is 19.9 Å². The normalized spacial score (nSPS) is 14.7. The number of nitrogens with one attached hydrogen (secondary N) is 2. The van der Waals surface area contributed by atoms with Gasteiger partial charge in [-0.15, -0.1) is 24.8 Å². The molecule has 2 N–H and O–H groups in total. The third kappa shape index (κ3) is 4.23. The Morgan fingerprint density at radius 2 is 1.96 bits per heavy atom. The van der Waals surface area contributed by atoms with E-state index >= 15 is 0 Å². The lowest BCUT2D eigenvalue weighted by molar-refractivity contribution is 0.334. The van der Waals surface area contributed by atoms with Crippen LogP contribution in [0.2, 0.25) is 5.02 Å². The molecule has 26 heavy (non-hydrogen) atoms. The topological polar surface area (TPSA) is 62.7 Å². The zero-order valence-corrected chi connectivity index (χ0v) is 16.5. The van der Waals surface area contributed by atoms with Crippen LogP contribution in [0, 0.1) is 5.92 Å². The summed E-state index contributed by atoms with van der Waals surface area (Å²) in [6.45, 7) is 3.02. The van der Waals surface area contributed by atoms with Gasteiger partial charge in [-0.05, 0) is 55.4 Å². The van der Waals surface area contributed by atoms with E-state index in [4.69, 9.17) is 11.6 Å². The molecule has 0 amide bonds. The molecule has 5 nitrogen and oxygen atoms in total. The molecule has 3 heterocycles. The zero-order valence-electron chi connectivity index (χ0n) is 14.1. The summed E-state index contributed by atoms with van der Waals surface area (Å²) < 4.78 is 2.10. The Kier molecular flexibility index (Phi) is 7.12. The summed E-state index contributed by atoms with van der Waals surface area (Å²) in [4.78, 5) is 19.9. The first-order valence-electron chi connectivity index (χ1n) is 8.25. The standard InChI is InChI=1S/C18H19ClN4O.2ClH/c19-14-2-1-13-9-15(18(24)22-16(13)10-14)17-21-7-8-23(17)11-12-3-5-20-6-4-12;;/h1-2,7-10,12,20H,3-6,11H2,(H,22,24);2*1H. The number of nitrogens with zero attached hydrogens (tertiary/aromatic N) is 2. The van der Waals surface area contributed by atoms with Crippen LogP contribution in [0.3, 0.4) is 0 Å². The van der Waals surface area contributed by atoms with Crippen molar-refractivity contribution in [3.8, 4) is 11.4 Å². The summed E-state index contributed by atoms with van der Waals surface area (Å²) in [5, 5.41) is 4.94. The van der Waals surface area contributed by atoms with Gasteiger partial charge >= 0.3 is 0 Å². The number of halogens is 3. The maximum Gasteiger partial charge on any atom is 0.259 e. The summed E-state index contributed by atoms with van der Waals surface area (Å²) in [5.41, 5.74) is 1.21. The Labute approximate surface area is 169 Å². The first-order valence-corrected chi connectivity index (χ1v) is 8.63. The van der Waals surface area contributed by atoms with E-state index in [1.165, 1.54) is 0 Å². The zero-order chi connectivity index (χ0) is 16.5. The van der Waals surface area contributed by atoms with Gasteiger partial charge in [-0.3, -0.25) is 4.79 Å². The Balaban J connectivity index is 0.00000121. The molecule has 0 bridgehead atoms. The predicted octanol–water partition coefficient (Wildman–Crippen LogP) is 3.89. The van der Waals surface area contributed by atoms with E-state index in [1.807, 2.05) is 24.4 Å². The summed E-state index contributed by atoms with van der Waals surface area (Å²) in [6.07, 6.45) is 6.04. The second-order valence-electron chi connectivity index (χ2n) is 6.34. The number of rotatable bonds is 3. The molecule has 1 aromatic carbocycles. The fourth-order valence-corrected chi connectivity index (χ4v) is 3.55. The third-order valence-electron chi connectivity index (χ3n) is 4.68. The third-order valence-corrected chi connectivity index (χ3v) is 4.91. The van der Waals surface area contributed by atoms with Crippen molar-refractivity contribution in [2.45, 2.75) is 19.4 Å². The van der Waals surface area contributed by atoms with Gasteiger partial charge in [0.1, 0.15) is 5.82 Å². The maximum absolute atomic E-state index is 12.5. The van der Waals surface area contributed by atoms with E-state index in [-0.39, 0.29) is 30.4 Å². The van der Waals surface area contributed by atoms with Gasteiger partial charge in [0.25, 0.3) is 5.56 Å². The molecule has 1 saturated heterocycles. The van der Waals surface area contributed by atoms with Crippen molar-refractivity contribution >= 4 is 47.3 Å². The second-order valence-corrected chi connectivity index (χ2v) is 6.78. The minimum absolute atomic E-state index is 0. The number of hydrogen-bond donors (Lipinski definition) is 2. The molecule has 1 fully saturated rings. The molecular weight excluding hydrogens is 395 g/mol. The van der Waals surface area contributed by atoms with Crippen LogP contribution in [0.15, 0.2) is 41.5 Å². The Bertz CT molecular complexity index is 932. The maximum atomic E-state index is 12.5. The van der Waals surface area contributed by atoms with E-state index in [9.17, 15) is 4.79 Å². The van der Waals surface area contributed by atoms with Gasteiger partial charge in [0.15, 0.2) is 0 Å². The average molecular weight is 416 g/mol. The number of fused-ring (bicyclic) bond motifs is 1.